The molecule has 16 heavy (non-hydrogen) atoms. The number of likely N-dealkylation sites (N-methyl/N-ethyl adjacent to an activating group) is 1. The molecule has 0 aliphatic carbocycles. The van der Waals surface area contributed by atoms with E-state index >= 15 is 0 Å². The van der Waals surface area contributed by atoms with Crippen LogP contribution in [0.4, 0.5) is 0 Å². The normalized spacial score (nSPS) is 21.6. The number of rotatable bonds is 6. The van der Waals surface area contributed by atoms with Crippen LogP contribution in [0.2, 0.25) is 0 Å². The number of ether oxygens (including phenoxy) is 1. The van der Waals surface area contributed by atoms with Gasteiger partial charge >= 0.3 is 5.97 Å². The van der Waals surface area contributed by atoms with Crippen molar-refractivity contribution >= 4 is 5.97 Å². The lowest BCUT2D eigenvalue weighted by molar-refractivity contribution is -0.140. The highest BCUT2D eigenvalue weighted by Gasteiger charge is 2.25. The molecule has 1 heterocycles. The zero-order valence-corrected chi connectivity index (χ0v) is 10.7. The standard InChI is InChI=1S/C12H24N2O2/c1-4-14(5-2)11-6-8-13(10-11)9-7-12(15)16-3/h11H,4-10H2,1-3H3. The van der Waals surface area contributed by atoms with Crippen LogP contribution in [0.5, 0.6) is 0 Å². The molecule has 1 atom stereocenters. The van der Waals surface area contributed by atoms with Crippen molar-refractivity contribution in [1.82, 2.24) is 9.80 Å². The van der Waals surface area contributed by atoms with Crippen LogP contribution in [0, 0.1) is 0 Å². The van der Waals surface area contributed by atoms with Gasteiger partial charge in [-0.3, -0.25) is 9.69 Å². The van der Waals surface area contributed by atoms with E-state index < -0.39 is 0 Å². The molecule has 0 aromatic carbocycles. The van der Waals surface area contributed by atoms with E-state index in [9.17, 15) is 4.79 Å². The number of likely N-dealkylation sites (tertiary alicyclic amines) is 1. The summed E-state index contributed by atoms with van der Waals surface area (Å²) in [6.07, 6.45) is 1.74. The maximum atomic E-state index is 11.0. The van der Waals surface area contributed by atoms with E-state index in [2.05, 4.69) is 28.4 Å². The average molecular weight is 228 g/mol. The van der Waals surface area contributed by atoms with Crippen molar-refractivity contribution in [3.63, 3.8) is 0 Å². The molecule has 1 unspecified atom stereocenters. The molecule has 94 valence electrons. The first-order chi connectivity index (χ1) is 7.71. The molecule has 1 aliphatic rings. The van der Waals surface area contributed by atoms with Gasteiger partial charge < -0.3 is 9.64 Å². The van der Waals surface area contributed by atoms with Gasteiger partial charge in [0.1, 0.15) is 0 Å². The van der Waals surface area contributed by atoms with Crippen LogP contribution in [-0.4, -0.2) is 61.6 Å². The van der Waals surface area contributed by atoms with Crippen molar-refractivity contribution in [3.8, 4) is 0 Å². The molecule has 0 bridgehead atoms. The lowest BCUT2D eigenvalue weighted by atomic mass is 10.2. The summed E-state index contributed by atoms with van der Waals surface area (Å²) in [4.78, 5) is 15.9. The Bertz CT molecular complexity index is 217. The Balaban J connectivity index is 2.26. The Morgan fingerprint density at radius 3 is 2.69 bits per heavy atom. The fourth-order valence-electron chi connectivity index (χ4n) is 2.40. The molecule has 4 nitrogen and oxygen atoms in total. The molecule has 4 heteroatoms. The highest BCUT2D eigenvalue weighted by Crippen LogP contribution is 2.15. The van der Waals surface area contributed by atoms with Crippen LogP contribution in [0.15, 0.2) is 0 Å². The third-order valence-electron chi connectivity index (χ3n) is 3.44. The molecular formula is C12H24N2O2. The lowest BCUT2D eigenvalue weighted by Crippen LogP contribution is -2.37. The Hall–Kier alpha value is -0.610. The first-order valence-corrected chi connectivity index (χ1v) is 6.24. The monoisotopic (exact) mass is 228 g/mol. The molecule has 0 aromatic rings. The topological polar surface area (TPSA) is 32.8 Å². The molecule has 0 amide bonds. The fourth-order valence-corrected chi connectivity index (χ4v) is 2.40. The van der Waals surface area contributed by atoms with Gasteiger partial charge in [-0.05, 0) is 26.1 Å². The number of carbonyl (C=O) groups is 1. The van der Waals surface area contributed by atoms with Crippen molar-refractivity contribution in [2.45, 2.75) is 32.7 Å². The Labute approximate surface area is 98.5 Å². The molecule has 0 saturated carbocycles. The van der Waals surface area contributed by atoms with Crippen LogP contribution in [0.3, 0.4) is 0 Å². The van der Waals surface area contributed by atoms with Gasteiger partial charge in [0.05, 0.1) is 13.5 Å². The van der Waals surface area contributed by atoms with E-state index in [1.165, 1.54) is 13.5 Å². The smallest absolute Gasteiger partial charge is 0.306 e. The van der Waals surface area contributed by atoms with Gasteiger partial charge in [0.25, 0.3) is 0 Å². The maximum Gasteiger partial charge on any atom is 0.306 e. The average Bonchev–Trinajstić information content (AvgIpc) is 2.76. The summed E-state index contributed by atoms with van der Waals surface area (Å²) in [5.74, 6) is -0.105. The highest BCUT2D eigenvalue weighted by molar-refractivity contribution is 5.69. The summed E-state index contributed by atoms with van der Waals surface area (Å²) in [6.45, 7) is 9.69. The van der Waals surface area contributed by atoms with Gasteiger partial charge in [0.2, 0.25) is 0 Å². The number of methoxy groups -OCH3 is 1. The van der Waals surface area contributed by atoms with E-state index in [-0.39, 0.29) is 5.97 Å². The summed E-state index contributed by atoms with van der Waals surface area (Å²) in [6, 6.07) is 0.674. The van der Waals surface area contributed by atoms with Gasteiger partial charge in [-0.15, -0.1) is 0 Å². The van der Waals surface area contributed by atoms with Crippen molar-refractivity contribution in [2.75, 3.05) is 39.8 Å². The molecule has 0 spiro atoms. The second kappa shape index (κ2) is 6.86. The van der Waals surface area contributed by atoms with Crippen LogP contribution in [0.25, 0.3) is 0 Å². The van der Waals surface area contributed by atoms with Gasteiger partial charge in [-0.1, -0.05) is 13.8 Å². The second-order valence-corrected chi connectivity index (χ2v) is 4.29. The molecule has 0 N–H and O–H groups in total. The fraction of sp³-hybridized carbons (Fsp3) is 0.917. The predicted molar refractivity (Wildman–Crippen MR) is 64.4 cm³/mol. The molecule has 1 aliphatic heterocycles. The van der Waals surface area contributed by atoms with E-state index in [4.69, 9.17) is 0 Å². The molecule has 0 aromatic heterocycles. The number of hydrogen-bond donors (Lipinski definition) is 0. The summed E-state index contributed by atoms with van der Waals surface area (Å²) in [7, 11) is 1.45. The molecule has 0 radical (unpaired) electrons. The third kappa shape index (κ3) is 3.76. The van der Waals surface area contributed by atoms with E-state index in [1.54, 1.807) is 0 Å². The Morgan fingerprint density at radius 2 is 2.12 bits per heavy atom. The van der Waals surface area contributed by atoms with Crippen LogP contribution < -0.4 is 0 Å². The van der Waals surface area contributed by atoms with Gasteiger partial charge in [0.15, 0.2) is 0 Å². The van der Waals surface area contributed by atoms with Crippen molar-refractivity contribution in [1.29, 1.82) is 0 Å². The third-order valence-corrected chi connectivity index (χ3v) is 3.44. The molecular weight excluding hydrogens is 204 g/mol. The van der Waals surface area contributed by atoms with Crippen LogP contribution in [0.1, 0.15) is 26.7 Å². The van der Waals surface area contributed by atoms with E-state index in [0.717, 1.165) is 32.7 Å². The maximum absolute atomic E-state index is 11.0. The SMILES string of the molecule is CCN(CC)C1CCN(CCC(=O)OC)C1. The second-order valence-electron chi connectivity index (χ2n) is 4.29. The van der Waals surface area contributed by atoms with Gasteiger partial charge in [0, 0.05) is 19.1 Å². The van der Waals surface area contributed by atoms with E-state index in [1.807, 2.05) is 0 Å². The largest absolute Gasteiger partial charge is 0.469 e. The summed E-state index contributed by atoms with van der Waals surface area (Å²) >= 11 is 0. The van der Waals surface area contributed by atoms with E-state index in [0.29, 0.717) is 12.5 Å². The quantitative estimate of drug-likeness (QED) is 0.634. The minimum absolute atomic E-state index is 0.105. The minimum atomic E-state index is -0.105. The van der Waals surface area contributed by atoms with Crippen molar-refractivity contribution in [2.24, 2.45) is 0 Å². The van der Waals surface area contributed by atoms with Gasteiger partial charge in [-0.2, -0.15) is 0 Å². The highest BCUT2D eigenvalue weighted by atomic mass is 16.5. The molecule has 1 saturated heterocycles. The predicted octanol–water partition coefficient (Wildman–Crippen LogP) is 0.966. The zero-order valence-electron chi connectivity index (χ0n) is 10.7. The van der Waals surface area contributed by atoms with Crippen molar-refractivity contribution < 1.29 is 9.53 Å². The Kier molecular flexibility index (Phi) is 5.77. The number of hydrogen-bond acceptors (Lipinski definition) is 4. The van der Waals surface area contributed by atoms with Crippen molar-refractivity contribution in [3.05, 3.63) is 0 Å². The first kappa shape index (κ1) is 13.5. The number of nitrogens with zero attached hydrogens (tertiary/aromatic N) is 2. The minimum Gasteiger partial charge on any atom is -0.469 e. The molecule has 1 rings (SSSR count). The Morgan fingerprint density at radius 1 is 1.44 bits per heavy atom. The molecule has 1 fully saturated rings. The summed E-state index contributed by atoms with van der Waals surface area (Å²) in [5.41, 5.74) is 0. The number of esters is 1. The van der Waals surface area contributed by atoms with Crippen LogP contribution >= 0.6 is 0 Å². The lowest BCUT2D eigenvalue weighted by Gasteiger charge is -2.26. The summed E-state index contributed by atoms with van der Waals surface area (Å²) < 4.78 is 4.65. The zero-order chi connectivity index (χ0) is 12.0. The summed E-state index contributed by atoms with van der Waals surface area (Å²) in [5, 5.41) is 0. The van der Waals surface area contributed by atoms with Crippen LogP contribution in [-0.2, 0) is 9.53 Å². The van der Waals surface area contributed by atoms with Gasteiger partial charge in [-0.25, -0.2) is 0 Å². The first-order valence-electron chi connectivity index (χ1n) is 6.24. The number of carbonyl (C=O) groups excluding carboxylic acids is 1.